The molecular formula is C23H21ClFNO4S. The molecule has 0 spiro atoms. The molecule has 8 heteroatoms. The van der Waals surface area contributed by atoms with Crippen molar-refractivity contribution in [3.63, 3.8) is 0 Å². The fourth-order valence-corrected chi connectivity index (χ4v) is 4.48. The lowest BCUT2D eigenvalue weighted by atomic mass is 9.97. The van der Waals surface area contributed by atoms with Crippen LogP contribution < -0.4 is 4.72 Å². The quantitative estimate of drug-likeness (QED) is 0.472. The van der Waals surface area contributed by atoms with Gasteiger partial charge >= 0.3 is 5.97 Å². The topological polar surface area (TPSA) is 83.5 Å². The Hall–Kier alpha value is -2.74. The van der Waals surface area contributed by atoms with E-state index in [0.717, 1.165) is 5.56 Å². The molecule has 0 aliphatic rings. The lowest BCUT2D eigenvalue weighted by Gasteiger charge is -2.20. The summed E-state index contributed by atoms with van der Waals surface area (Å²) in [4.78, 5) is 10.7. The Morgan fingerprint density at radius 3 is 2.03 bits per heavy atom. The third-order valence-electron chi connectivity index (χ3n) is 4.77. The second kappa shape index (κ2) is 10.0. The van der Waals surface area contributed by atoms with Gasteiger partial charge in [0.05, 0.1) is 10.9 Å². The van der Waals surface area contributed by atoms with Crippen molar-refractivity contribution in [3.05, 3.63) is 100 Å². The third-order valence-corrected chi connectivity index (χ3v) is 6.46. The van der Waals surface area contributed by atoms with E-state index in [2.05, 4.69) is 4.72 Å². The molecule has 0 radical (unpaired) electrons. The highest BCUT2D eigenvalue weighted by atomic mass is 35.5. The minimum atomic E-state index is -3.88. The van der Waals surface area contributed by atoms with Gasteiger partial charge in [-0.2, -0.15) is 4.72 Å². The number of carboxylic acids is 1. The van der Waals surface area contributed by atoms with Crippen LogP contribution in [0.15, 0.2) is 77.7 Å². The van der Waals surface area contributed by atoms with E-state index in [1.165, 1.54) is 48.5 Å². The number of rotatable bonds is 9. The summed E-state index contributed by atoms with van der Waals surface area (Å²) in [5.41, 5.74) is 2.20. The summed E-state index contributed by atoms with van der Waals surface area (Å²) >= 11 is 5.86. The first kappa shape index (κ1) is 22.9. The fraction of sp³-hybridized carbons (Fsp3) is 0.174. The van der Waals surface area contributed by atoms with Gasteiger partial charge in [0, 0.05) is 11.4 Å². The Balaban J connectivity index is 1.89. The third kappa shape index (κ3) is 6.37. The highest BCUT2D eigenvalue weighted by Crippen LogP contribution is 2.26. The maximum Gasteiger partial charge on any atom is 0.303 e. The van der Waals surface area contributed by atoms with Crippen molar-refractivity contribution in [3.8, 4) is 0 Å². The lowest BCUT2D eigenvalue weighted by molar-refractivity contribution is -0.137. The van der Waals surface area contributed by atoms with Crippen molar-refractivity contribution in [2.45, 2.75) is 30.2 Å². The summed E-state index contributed by atoms with van der Waals surface area (Å²) in [5, 5.41) is 9.20. The Morgan fingerprint density at radius 2 is 1.48 bits per heavy atom. The van der Waals surface area contributed by atoms with Crippen LogP contribution in [0.4, 0.5) is 4.39 Å². The monoisotopic (exact) mass is 461 g/mol. The van der Waals surface area contributed by atoms with Gasteiger partial charge in [-0.25, -0.2) is 12.8 Å². The molecule has 0 fully saturated rings. The number of hydrogen-bond acceptors (Lipinski definition) is 3. The average Bonchev–Trinajstić information content (AvgIpc) is 2.73. The molecule has 0 aliphatic carbocycles. The highest BCUT2D eigenvalue weighted by Gasteiger charge is 2.23. The number of hydrogen-bond donors (Lipinski definition) is 2. The largest absolute Gasteiger partial charge is 0.481 e. The van der Waals surface area contributed by atoms with E-state index in [9.17, 15) is 17.6 Å². The summed E-state index contributed by atoms with van der Waals surface area (Å²) in [6, 6.07) is 17.9. The number of halogens is 2. The molecule has 3 aromatic rings. The molecule has 0 bridgehead atoms. The molecule has 3 aromatic carbocycles. The molecule has 3 rings (SSSR count). The van der Waals surface area contributed by atoms with E-state index in [1.54, 1.807) is 12.1 Å². The van der Waals surface area contributed by atoms with Crippen LogP contribution in [0, 0.1) is 5.82 Å². The van der Waals surface area contributed by atoms with Gasteiger partial charge in [0.2, 0.25) is 10.0 Å². The Labute approximate surface area is 185 Å². The Bertz CT molecular complexity index is 1130. The summed E-state index contributed by atoms with van der Waals surface area (Å²) < 4.78 is 42.0. The number of sulfonamides is 1. The number of carbonyl (C=O) groups is 1. The van der Waals surface area contributed by atoms with Gasteiger partial charge < -0.3 is 5.11 Å². The lowest BCUT2D eigenvalue weighted by Crippen LogP contribution is -2.29. The first-order valence-corrected chi connectivity index (χ1v) is 11.4. The number of aliphatic carboxylic acids is 1. The molecule has 162 valence electrons. The molecule has 31 heavy (non-hydrogen) atoms. The SMILES string of the molecule is O=C(O)CCCc1ccc(C(NS(=O)(=O)c2ccc(Cl)cc2)c2ccc(F)cc2)cc1. The van der Waals surface area contributed by atoms with Crippen molar-refractivity contribution in [2.24, 2.45) is 0 Å². The summed E-state index contributed by atoms with van der Waals surface area (Å²) in [6.07, 6.45) is 1.20. The minimum Gasteiger partial charge on any atom is -0.481 e. The molecule has 1 atom stereocenters. The molecule has 0 aromatic heterocycles. The summed E-state index contributed by atoms with van der Waals surface area (Å²) in [7, 11) is -3.88. The summed E-state index contributed by atoms with van der Waals surface area (Å²) in [6.45, 7) is 0. The van der Waals surface area contributed by atoms with Crippen molar-refractivity contribution in [2.75, 3.05) is 0 Å². The van der Waals surface area contributed by atoms with Gasteiger partial charge in [-0.15, -0.1) is 0 Å². The van der Waals surface area contributed by atoms with E-state index in [4.69, 9.17) is 16.7 Å². The molecule has 2 N–H and O–H groups in total. The highest BCUT2D eigenvalue weighted by molar-refractivity contribution is 7.89. The van der Waals surface area contributed by atoms with E-state index >= 15 is 0 Å². The van der Waals surface area contributed by atoms with Crippen LogP contribution in [0.2, 0.25) is 5.02 Å². The van der Waals surface area contributed by atoms with E-state index < -0.39 is 27.9 Å². The molecule has 1 unspecified atom stereocenters. The standard InChI is InChI=1S/C23H21ClFNO4S/c24-19-10-14-21(15-11-19)31(29,30)26-23(18-8-12-20(25)13-9-18)17-6-4-16(5-7-17)2-1-3-22(27)28/h4-15,23,26H,1-3H2,(H,27,28). The van der Waals surface area contributed by atoms with Crippen LogP contribution in [0.25, 0.3) is 0 Å². The first-order valence-electron chi connectivity index (χ1n) is 9.58. The average molecular weight is 462 g/mol. The van der Waals surface area contributed by atoms with Crippen LogP contribution in [-0.4, -0.2) is 19.5 Å². The van der Waals surface area contributed by atoms with Crippen molar-refractivity contribution < 1.29 is 22.7 Å². The minimum absolute atomic E-state index is 0.0642. The van der Waals surface area contributed by atoms with Crippen molar-refractivity contribution >= 4 is 27.6 Å². The second-order valence-corrected chi connectivity index (χ2v) is 9.20. The zero-order valence-corrected chi connectivity index (χ0v) is 18.0. The molecular weight excluding hydrogens is 441 g/mol. The van der Waals surface area contributed by atoms with Crippen LogP contribution in [0.5, 0.6) is 0 Å². The van der Waals surface area contributed by atoms with Gasteiger partial charge in [0.15, 0.2) is 0 Å². The van der Waals surface area contributed by atoms with E-state index in [1.807, 2.05) is 12.1 Å². The zero-order chi connectivity index (χ0) is 22.4. The van der Waals surface area contributed by atoms with Gasteiger partial charge in [-0.3, -0.25) is 4.79 Å². The molecule has 0 heterocycles. The maximum atomic E-state index is 13.4. The van der Waals surface area contributed by atoms with Crippen LogP contribution in [0.1, 0.15) is 35.6 Å². The van der Waals surface area contributed by atoms with Gasteiger partial charge in [-0.1, -0.05) is 48.0 Å². The van der Waals surface area contributed by atoms with Crippen LogP contribution >= 0.6 is 11.6 Å². The predicted octanol–water partition coefficient (Wildman–Crippen LogP) is 4.95. The van der Waals surface area contributed by atoms with E-state index in [-0.39, 0.29) is 11.3 Å². The van der Waals surface area contributed by atoms with E-state index in [0.29, 0.717) is 29.0 Å². The Kier molecular flexibility index (Phi) is 7.43. The molecule has 0 saturated carbocycles. The summed E-state index contributed by atoms with van der Waals surface area (Å²) in [5.74, 6) is -1.26. The smallest absolute Gasteiger partial charge is 0.303 e. The molecule has 5 nitrogen and oxygen atoms in total. The number of nitrogens with one attached hydrogen (secondary N) is 1. The van der Waals surface area contributed by atoms with Crippen LogP contribution in [0.3, 0.4) is 0 Å². The number of benzene rings is 3. The number of aryl methyl sites for hydroxylation is 1. The Morgan fingerprint density at radius 1 is 0.935 bits per heavy atom. The van der Waals surface area contributed by atoms with Crippen molar-refractivity contribution in [1.29, 1.82) is 0 Å². The zero-order valence-electron chi connectivity index (χ0n) is 16.5. The van der Waals surface area contributed by atoms with Gasteiger partial charge in [-0.05, 0) is 65.9 Å². The second-order valence-electron chi connectivity index (χ2n) is 7.05. The fourth-order valence-electron chi connectivity index (χ4n) is 3.14. The molecule has 0 aliphatic heterocycles. The van der Waals surface area contributed by atoms with Gasteiger partial charge in [0.25, 0.3) is 0 Å². The predicted molar refractivity (Wildman–Crippen MR) is 117 cm³/mol. The van der Waals surface area contributed by atoms with Crippen LogP contribution in [-0.2, 0) is 21.2 Å². The van der Waals surface area contributed by atoms with Crippen molar-refractivity contribution in [1.82, 2.24) is 4.72 Å². The number of carboxylic acid groups (broad SMARTS) is 1. The normalized spacial score (nSPS) is 12.5. The molecule has 0 saturated heterocycles. The maximum absolute atomic E-state index is 13.4. The first-order chi connectivity index (χ1) is 14.7. The molecule has 0 amide bonds. The van der Waals surface area contributed by atoms with Gasteiger partial charge in [0.1, 0.15) is 5.82 Å².